The maximum Gasteiger partial charge on any atom is 0.229 e. The quantitative estimate of drug-likeness (QED) is 0.721. The summed E-state index contributed by atoms with van der Waals surface area (Å²) in [5.41, 5.74) is 2.80. The highest BCUT2D eigenvalue weighted by Crippen LogP contribution is 2.24. The van der Waals surface area contributed by atoms with Crippen LogP contribution in [0.15, 0.2) is 36.9 Å². The van der Waals surface area contributed by atoms with Crippen molar-refractivity contribution in [2.45, 2.75) is 26.7 Å². The summed E-state index contributed by atoms with van der Waals surface area (Å²) < 4.78 is 1.77. The van der Waals surface area contributed by atoms with Crippen LogP contribution < -0.4 is 5.32 Å². The zero-order valence-electron chi connectivity index (χ0n) is 17.3. The Balaban J connectivity index is 1.49. The largest absolute Gasteiger partial charge is 0.310 e. The number of nitrogens with one attached hydrogen (secondary N) is 1. The zero-order chi connectivity index (χ0) is 20.4. The first-order valence-corrected chi connectivity index (χ1v) is 10.3. The first-order chi connectivity index (χ1) is 14.0. The van der Waals surface area contributed by atoms with Gasteiger partial charge in [0, 0.05) is 49.0 Å². The highest BCUT2D eigenvalue weighted by atomic mass is 16.2. The average molecular weight is 393 g/mol. The van der Waals surface area contributed by atoms with Gasteiger partial charge in [0.05, 0.1) is 23.8 Å². The molecular weight excluding hydrogens is 364 g/mol. The van der Waals surface area contributed by atoms with Crippen LogP contribution in [0.3, 0.4) is 0 Å². The van der Waals surface area contributed by atoms with E-state index in [2.05, 4.69) is 45.2 Å². The van der Waals surface area contributed by atoms with Crippen molar-refractivity contribution in [2.75, 3.05) is 25.0 Å². The maximum atomic E-state index is 12.8. The summed E-state index contributed by atoms with van der Waals surface area (Å²) in [6, 6.07) is 3.95. The number of aryl methyl sites for hydroxylation is 1. The lowest BCUT2D eigenvalue weighted by atomic mass is 9.96. The van der Waals surface area contributed by atoms with E-state index in [0.29, 0.717) is 11.7 Å². The van der Waals surface area contributed by atoms with Crippen LogP contribution in [0.2, 0.25) is 0 Å². The Hall–Kier alpha value is -2.80. The summed E-state index contributed by atoms with van der Waals surface area (Å²) in [6.07, 6.45) is 9.31. The van der Waals surface area contributed by atoms with Crippen LogP contribution in [-0.2, 0) is 11.8 Å². The number of pyridine rings is 2. The van der Waals surface area contributed by atoms with Crippen LogP contribution in [0, 0.1) is 11.8 Å². The molecule has 4 rings (SSSR count). The molecule has 7 heteroatoms. The number of likely N-dealkylation sites (tertiary alicyclic amines) is 1. The molecular formula is C22H28N6O. The maximum absolute atomic E-state index is 12.8. The lowest BCUT2D eigenvalue weighted by Gasteiger charge is -2.32. The highest BCUT2D eigenvalue weighted by Gasteiger charge is 2.26. The molecule has 0 saturated carbocycles. The third-order valence-corrected chi connectivity index (χ3v) is 5.36. The molecule has 1 aliphatic heterocycles. The number of fused-ring (bicyclic) bond motifs is 1. The Bertz CT molecular complexity index is 1010. The van der Waals surface area contributed by atoms with Gasteiger partial charge >= 0.3 is 0 Å². The lowest BCUT2D eigenvalue weighted by Crippen LogP contribution is -2.42. The van der Waals surface area contributed by atoms with Crippen LogP contribution in [0.5, 0.6) is 0 Å². The van der Waals surface area contributed by atoms with Crippen molar-refractivity contribution in [3.05, 3.63) is 36.9 Å². The first-order valence-electron chi connectivity index (χ1n) is 10.3. The van der Waals surface area contributed by atoms with Gasteiger partial charge in [-0.2, -0.15) is 5.10 Å². The van der Waals surface area contributed by atoms with Crippen LogP contribution >= 0.6 is 0 Å². The molecule has 1 saturated heterocycles. The van der Waals surface area contributed by atoms with Gasteiger partial charge in [-0.05, 0) is 37.4 Å². The second kappa shape index (κ2) is 8.29. The van der Waals surface area contributed by atoms with Crippen molar-refractivity contribution in [1.29, 1.82) is 0 Å². The minimum Gasteiger partial charge on any atom is -0.310 e. The zero-order valence-corrected chi connectivity index (χ0v) is 17.3. The van der Waals surface area contributed by atoms with Crippen LogP contribution in [0.25, 0.3) is 22.0 Å². The molecule has 0 radical (unpaired) electrons. The molecule has 1 aliphatic rings. The van der Waals surface area contributed by atoms with Crippen molar-refractivity contribution in [3.63, 3.8) is 0 Å². The van der Waals surface area contributed by atoms with Crippen molar-refractivity contribution < 1.29 is 4.79 Å². The molecule has 1 N–H and O–H groups in total. The molecule has 29 heavy (non-hydrogen) atoms. The van der Waals surface area contributed by atoms with E-state index >= 15 is 0 Å². The van der Waals surface area contributed by atoms with Gasteiger partial charge in [0.15, 0.2) is 0 Å². The fourth-order valence-electron chi connectivity index (χ4n) is 4.01. The number of amides is 1. The van der Waals surface area contributed by atoms with E-state index in [1.54, 1.807) is 10.9 Å². The Morgan fingerprint density at radius 2 is 2.07 bits per heavy atom. The molecule has 1 amide bonds. The van der Waals surface area contributed by atoms with Gasteiger partial charge in [-0.1, -0.05) is 13.8 Å². The molecule has 1 fully saturated rings. The minimum absolute atomic E-state index is 0.0137. The summed E-state index contributed by atoms with van der Waals surface area (Å²) >= 11 is 0. The van der Waals surface area contributed by atoms with Gasteiger partial charge in [0.25, 0.3) is 0 Å². The number of hydrogen-bond acceptors (Lipinski definition) is 5. The van der Waals surface area contributed by atoms with E-state index in [1.807, 2.05) is 31.7 Å². The normalized spacial score (nSPS) is 17.7. The Morgan fingerprint density at radius 1 is 1.21 bits per heavy atom. The molecule has 152 valence electrons. The molecule has 1 atom stereocenters. The fraction of sp³-hybridized carbons (Fsp3) is 0.455. The van der Waals surface area contributed by atoms with E-state index in [4.69, 9.17) is 0 Å². The van der Waals surface area contributed by atoms with Crippen LogP contribution in [0.4, 0.5) is 5.82 Å². The average Bonchev–Trinajstić information content (AvgIpc) is 3.13. The van der Waals surface area contributed by atoms with Gasteiger partial charge < -0.3 is 10.2 Å². The van der Waals surface area contributed by atoms with Crippen molar-refractivity contribution in [3.8, 4) is 11.1 Å². The number of carbonyl (C=O) groups is 1. The van der Waals surface area contributed by atoms with Crippen molar-refractivity contribution in [1.82, 2.24) is 24.6 Å². The number of carbonyl (C=O) groups excluding carboxylic acids is 1. The number of nitrogens with zero attached hydrogens (tertiary/aromatic N) is 5. The van der Waals surface area contributed by atoms with Gasteiger partial charge in [-0.15, -0.1) is 0 Å². The SMILES string of the molecule is CC(C)CN1CCCC(C(=O)Nc2cc3cc(-c4cnn(C)c4)cnc3cn2)C1. The number of anilines is 1. The van der Waals surface area contributed by atoms with Gasteiger partial charge in [-0.25, -0.2) is 4.98 Å². The Morgan fingerprint density at radius 3 is 2.83 bits per heavy atom. The number of hydrogen-bond donors (Lipinski definition) is 1. The van der Waals surface area contributed by atoms with Crippen LogP contribution in [0.1, 0.15) is 26.7 Å². The second-order valence-corrected chi connectivity index (χ2v) is 8.37. The molecule has 4 heterocycles. The van der Waals surface area contributed by atoms with E-state index in [0.717, 1.165) is 54.5 Å². The van der Waals surface area contributed by atoms with Gasteiger partial charge in [-0.3, -0.25) is 14.5 Å². The van der Waals surface area contributed by atoms with E-state index < -0.39 is 0 Å². The first kappa shape index (κ1) is 19.5. The number of rotatable bonds is 5. The van der Waals surface area contributed by atoms with Gasteiger partial charge in [0.2, 0.25) is 5.91 Å². The molecule has 3 aromatic rings. The summed E-state index contributed by atoms with van der Waals surface area (Å²) in [7, 11) is 1.89. The lowest BCUT2D eigenvalue weighted by molar-refractivity contribution is -0.121. The predicted molar refractivity (Wildman–Crippen MR) is 114 cm³/mol. The molecule has 0 aliphatic carbocycles. The third kappa shape index (κ3) is 4.62. The number of piperidine rings is 1. The predicted octanol–water partition coefficient (Wildman–Crippen LogP) is 3.34. The van der Waals surface area contributed by atoms with Crippen LogP contribution in [-0.4, -0.2) is 50.2 Å². The molecule has 0 aromatic carbocycles. The Kier molecular flexibility index (Phi) is 5.58. The fourth-order valence-corrected chi connectivity index (χ4v) is 4.01. The van der Waals surface area contributed by atoms with E-state index in [1.165, 1.54) is 0 Å². The van der Waals surface area contributed by atoms with Crippen molar-refractivity contribution in [2.24, 2.45) is 18.9 Å². The van der Waals surface area contributed by atoms with E-state index in [9.17, 15) is 4.79 Å². The topological polar surface area (TPSA) is 75.9 Å². The summed E-state index contributed by atoms with van der Waals surface area (Å²) in [5.74, 6) is 1.26. The second-order valence-electron chi connectivity index (χ2n) is 8.37. The van der Waals surface area contributed by atoms with Gasteiger partial charge in [0.1, 0.15) is 5.82 Å². The highest BCUT2D eigenvalue weighted by molar-refractivity contribution is 5.94. The molecule has 7 nitrogen and oxygen atoms in total. The van der Waals surface area contributed by atoms with E-state index in [-0.39, 0.29) is 11.8 Å². The minimum atomic E-state index is 0.0137. The molecule has 0 bridgehead atoms. The van der Waals surface area contributed by atoms with Crippen molar-refractivity contribution >= 4 is 22.6 Å². The summed E-state index contributed by atoms with van der Waals surface area (Å²) in [6.45, 7) is 7.39. The smallest absolute Gasteiger partial charge is 0.229 e. The standard InChI is InChI=1S/C22H28N6O/c1-15(2)12-28-6-4-5-16(14-28)22(29)26-21-8-17-7-18(9-23-20(17)11-24-21)19-10-25-27(3)13-19/h7-11,13,15-16H,4-6,12,14H2,1-3H3,(H,24,26,29). The summed E-state index contributed by atoms with van der Waals surface area (Å²) in [4.78, 5) is 24.1. The Labute approximate surface area is 171 Å². The number of aromatic nitrogens is 4. The third-order valence-electron chi connectivity index (χ3n) is 5.36. The molecule has 3 aromatic heterocycles. The monoisotopic (exact) mass is 392 g/mol. The summed E-state index contributed by atoms with van der Waals surface area (Å²) in [5, 5.41) is 8.19. The molecule has 0 spiro atoms. The molecule has 1 unspecified atom stereocenters.